The zero-order chi connectivity index (χ0) is 15.8. The fourth-order valence-electron chi connectivity index (χ4n) is 2.75. The molecule has 0 spiro atoms. The molecular formula is C16H16N4O3. The first-order valence-corrected chi connectivity index (χ1v) is 7.37. The molecule has 4 rings (SSSR count). The third kappa shape index (κ3) is 2.40. The number of nitrogens with one attached hydrogen (secondary N) is 1. The first-order valence-electron chi connectivity index (χ1n) is 7.37. The van der Waals surface area contributed by atoms with E-state index in [2.05, 4.69) is 10.3 Å². The van der Waals surface area contributed by atoms with Gasteiger partial charge in [-0.3, -0.25) is 4.90 Å². The van der Waals surface area contributed by atoms with Crippen LogP contribution in [0.1, 0.15) is 0 Å². The molecule has 3 heterocycles. The maximum Gasteiger partial charge on any atom is 0.326 e. The third-order valence-corrected chi connectivity index (χ3v) is 3.95. The molecule has 0 fully saturated rings. The van der Waals surface area contributed by atoms with Crippen molar-refractivity contribution in [2.24, 2.45) is 0 Å². The molecule has 23 heavy (non-hydrogen) atoms. The van der Waals surface area contributed by atoms with Crippen molar-refractivity contribution in [2.75, 3.05) is 42.0 Å². The number of hydrogen-bond donors (Lipinski definition) is 1. The second-order valence-corrected chi connectivity index (χ2v) is 5.42. The van der Waals surface area contributed by atoms with Crippen LogP contribution in [-0.4, -0.2) is 37.9 Å². The zero-order valence-electron chi connectivity index (χ0n) is 12.7. The largest absolute Gasteiger partial charge is 0.454 e. The average Bonchev–Trinajstić information content (AvgIpc) is 3.03. The Balaban J connectivity index is 1.57. The third-order valence-electron chi connectivity index (χ3n) is 3.95. The highest BCUT2D eigenvalue weighted by Gasteiger charge is 2.26. The smallest absolute Gasteiger partial charge is 0.326 e. The van der Waals surface area contributed by atoms with E-state index in [4.69, 9.17) is 9.47 Å². The van der Waals surface area contributed by atoms with Gasteiger partial charge in [-0.2, -0.15) is 0 Å². The van der Waals surface area contributed by atoms with Crippen molar-refractivity contribution in [3.05, 3.63) is 36.5 Å². The summed E-state index contributed by atoms with van der Waals surface area (Å²) in [6.45, 7) is 1.55. The summed E-state index contributed by atoms with van der Waals surface area (Å²) in [5, 5.41) is 2.90. The molecule has 1 N–H and O–H groups in total. The van der Waals surface area contributed by atoms with Crippen molar-refractivity contribution in [2.45, 2.75) is 0 Å². The van der Waals surface area contributed by atoms with E-state index in [9.17, 15) is 4.79 Å². The predicted molar refractivity (Wildman–Crippen MR) is 86.4 cm³/mol. The van der Waals surface area contributed by atoms with Crippen molar-refractivity contribution >= 4 is 23.2 Å². The lowest BCUT2D eigenvalue weighted by atomic mass is 10.2. The maximum atomic E-state index is 12.6. The number of carbonyl (C=O) groups is 1. The Morgan fingerprint density at radius 3 is 3.00 bits per heavy atom. The number of rotatable bonds is 1. The minimum absolute atomic E-state index is 0.189. The van der Waals surface area contributed by atoms with Gasteiger partial charge in [0.15, 0.2) is 17.3 Å². The van der Waals surface area contributed by atoms with Gasteiger partial charge in [0, 0.05) is 38.1 Å². The molecule has 118 valence electrons. The van der Waals surface area contributed by atoms with Gasteiger partial charge < -0.3 is 19.7 Å². The van der Waals surface area contributed by atoms with Crippen molar-refractivity contribution in [1.29, 1.82) is 0 Å². The van der Waals surface area contributed by atoms with E-state index in [1.54, 1.807) is 29.3 Å². The van der Waals surface area contributed by atoms with Gasteiger partial charge in [-0.25, -0.2) is 9.78 Å². The van der Waals surface area contributed by atoms with Crippen LogP contribution < -0.4 is 24.6 Å². The lowest BCUT2D eigenvalue weighted by Crippen LogP contribution is -2.45. The SMILES string of the molecule is CN1CCN(C(=O)Nc2ccc3c(c2)OCO3)c2cccnc21. The van der Waals surface area contributed by atoms with Gasteiger partial charge in [0.1, 0.15) is 0 Å². The summed E-state index contributed by atoms with van der Waals surface area (Å²) in [6, 6.07) is 8.89. The highest BCUT2D eigenvalue weighted by molar-refractivity contribution is 6.04. The minimum Gasteiger partial charge on any atom is -0.454 e. The second-order valence-electron chi connectivity index (χ2n) is 5.42. The van der Waals surface area contributed by atoms with Gasteiger partial charge in [0.2, 0.25) is 6.79 Å². The second kappa shape index (κ2) is 5.35. The number of aromatic nitrogens is 1. The number of hydrogen-bond acceptors (Lipinski definition) is 5. The van der Waals surface area contributed by atoms with Crippen LogP contribution in [-0.2, 0) is 0 Å². The molecule has 0 aliphatic carbocycles. The van der Waals surface area contributed by atoms with Crippen LogP contribution in [0.5, 0.6) is 11.5 Å². The van der Waals surface area contributed by atoms with Crippen LogP contribution in [0.4, 0.5) is 22.0 Å². The summed E-state index contributed by atoms with van der Waals surface area (Å²) >= 11 is 0. The van der Waals surface area contributed by atoms with Crippen molar-refractivity contribution in [3.8, 4) is 11.5 Å². The van der Waals surface area contributed by atoms with Crippen LogP contribution >= 0.6 is 0 Å². The van der Waals surface area contributed by atoms with E-state index in [-0.39, 0.29) is 12.8 Å². The molecule has 1 aromatic heterocycles. The average molecular weight is 312 g/mol. The zero-order valence-corrected chi connectivity index (χ0v) is 12.7. The predicted octanol–water partition coefficient (Wildman–Crippen LogP) is 2.30. The van der Waals surface area contributed by atoms with Crippen LogP contribution in [0.3, 0.4) is 0 Å². The number of urea groups is 1. The van der Waals surface area contributed by atoms with E-state index >= 15 is 0 Å². The number of benzene rings is 1. The Kier molecular flexibility index (Phi) is 3.18. The van der Waals surface area contributed by atoms with Crippen LogP contribution in [0.15, 0.2) is 36.5 Å². The van der Waals surface area contributed by atoms with Gasteiger partial charge in [0.05, 0.1) is 5.69 Å². The van der Waals surface area contributed by atoms with Crippen molar-refractivity contribution in [1.82, 2.24) is 4.98 Å². The number of carbonyl (C=O) groups excluding carboxylic acids is 1. The summed E-state index contributed by atoms with van der Waals surface area (Å²) in [7, 11) is 1.97. The molecule has 0 saturated heterocycles. The molecule has 0 unspecified atom stereocenters. The molecule has 0 bridgehead atoms. The molecule has 0 radical (unpaired) electrons. The molecule has 1 aromatic carbocycles. The number of ether oxygens (including phenoxy) is 2. The monoisotopic (exact) mass is 312 g/mol. The summed E-state index contributed by atoms with van der Waals surface area (Å²) in [4.78, 5) is 20.7. The standard InChI is InChI=1S/C16H16N4O3/c1-19-7-8-20(12-3-2-6-17-15(12)19)16(21)18-11-4-5-13-14(9-11)23-10-22-13/h2-6,9H,7-8,10H2,1H3,(H,18,21). The van der Waals surface area contributed by atoms with E-state index in [0.717, 1.165) is 18.1 Å². The Hall–Kier alpha value is -2.96. The molecule has 7 nitrogen and oxygen atoms in total. The molecule has 2 aromatic rings. The molecular weight excluding hydrogens is 296 g/mol. The molecule has 0 saturated carbocycles. The lowest BCUT2D eigenvalue weighted by molar-refractivity contribution is 0.174. The van der Waals surface area contributed by atoms with E-state index in [1.807, 2.05) is 24.1 Å². The first kappa shape index (κ1) is 13.7. The van der Waals surface area contributed by atoms with Crippen LogP contribution in [0, 0.1) is 0 Å². The Morgan fingerprint density at radius 2 is 2.09 bits per heavy atom. The summed E-state index contributed by atoms with van der Waals surface area (Å²) in [5.74, 6) is 2.14. The maximum absolute atomic E-state index is 12.6. The minimum atomic E-state index is -0.189. The summed E-state index contributed by atoms with van der Waals surface area (Å²) < 4.78 is 10.6. The van der Waals surface area contributed by atoms with Crippen molar-refractivity contribution < 1.29 is 14.3 Å². The molecule has 7 heteroatoms. The lowest BCUT2D eigenvalue weighted by Gasteiger charge is -2.34. The van der Waals surface area contributed by atoms with Gasteiger partial charge >= 0.3 is 6.03 Å². The summed E-state index contributed by atoms with van der Waals surface area (Å²) in [5.41, 5.74) is 1.48. The highest BCUT2D eigenvalue weighted by Crippen LogP contribution is 2.35. The van der Waals surface area contributed by atoms with Crippen molar-refractivity contribution in [3.63, 3.8) is 0 Å². The fourth-order valence-corrected chi connectivity index (χ4v) is 2.75. The Morgan fingerprint density at radius 1 is 1.22 bits per heavy atom. The fraction of sp³-hybridized carbons (Fsp3) is 0.250. The highest BCUT2D eigenvalue weighted by atomic mass is 16.7. The number of nitrogens with zero attached hydrogens (tertiary/aromatic N) is 3. The topological polar surface area (TPSA) is 66.9 Å². The molecule has 2 aliphatic heterocycles. The van der Waals surface area contributed by atoms with E-state index in [0.29, 0.717) is 23.7 Å². The van der Waals surface area contributed by atoms with Gasteiger partial charge in [-0.15, -0.1) is 0 Å². The molecule has 0 atom stereocenters. The number of likely N-dealkylation sites (N-methyl/N-ethyl adjacent to an activating group) is 1. The van der Waals surface area contributed by atoms with Gasteiger partial charge in [0.25, 0.3) is 0 Å². The number of anilines is 3. The van der Waals surface area contributed by atoms with Gasteiger partial charge in [-0.1, -0.05) is 0 Å². The summed E-state index contributed by atoms with van der Waals surface area (Å²) in [6.07, 6.45) is 1.73. The molecule has 2 amide bonds. The number of amides is 2. The quantitative estimate of drug-likeness (QED) is 0.875. The van der Waals surface area contributed by atoms with Crippen LogP contribution in [0.2, 0.25) is 0 Å². The number of fused-ring (bicyclic) bond motifs is 2. The van der Waals surface area contributed by atoms with Crippen LogP contribution in [0.25, 0.3) is 0 Å². The normalized spacial score (nSPS) is 15.3. The Bertz CT molecular complexity index is 765. The van der Waals surface area contributed by atoms with Gasteiger partial charge in [-0.05, 0) is 24.3 Å². The Labute approximate surface area is 133 Å². The first-order chi connectivity index (χ1) is 11.2. The van der Waals surface area contributed by atoms with E-state index in [1.165, 1.54) is 0 Å². The molecule has 2 aliphatic rings. The number of pyridine rings is 1. The van der Waals surface area contributed by atoms with E-state index < -0.39 is 0 Å².